The predicted octanol–water partition coefficient (Wildman–Crippen LogP) is 2.13. The number of amides is 1. The Morgan fingerprint density at radius 3 is 2.67 bits per heavy atom. The van der Waals surface area contributed by atoms with Crippen LogP contribution in [0.1, 0.15) is 5.56 Å². The van der Waals surface area contributed by atoms with Crippen molar-refractivity contribution in [1.82, 2.24) is 5.43 Å². The van der Waals surface area contributed by atoms with Crippen molar-refractivity contribution < 1.29 is 19.2 Å². The van der Waals surface area contributed by atoms with Gasteiger partial charge in [-0.15, -0.1) is 0 Å². The number of hydrogen-bond acceptors (Lipinski definition) is 6. The zero-order chi connectivity index (χ0) is 17.4. The Morgan fingerprint density at radius 2 is 2.00 bits per heavy atom. The van der Waals surface area contributed by atoms with E-state index in [1.807, 2.05) is 6.07 Å². The quantitative estimate of drug-likeness (QED) is 0.476. The summed E-state index contributed by atoms with van der Waals surface area (Å²) in [6, 6.07) is 12.6. The monoisotopic (exact) mass is 329 g/mol. The molecule has 0 aromatic heterocycles. The zero-order valence-corrected chi connectivity index (χ0v) is 12.8. The molecule has 2 aromatic rings. The molecule has 8 heteroatoms. The van der Waals surface area contributed by atoms with Crippen LogP contribution in [0.2, 0.25) is 0 Å². The Bertz CT molecular complexity index is 744. The molecule has 2 rings (SSSR count). The van der Waals surface area contributed by atoms with Gasteiger partial charge in [0.1, 0.15) is 11.5 Å². The molecule has 0 radical (unpaired) electrons. The molecule has 0 aliphatic heterocycles. The molecule has 8 nitrogen and oxygen atoms in total. The van der Waals surface area contributed by atoms with Gasteiger partial charge >= 0.3 is 0 Å². The van der Waals surface area contributed by atoms with Gasteiger partial charge in [0.15, 0.2) is 6.61 Å². The number of carbonyl (C=O) groups is 1. The third kappa shape index (κ3) is 5.09. The van der Waals surface area contributed by atoms with Crippen LogP contribution in [0.3, 0.4) is 0 Å². The van der Waals surface area contributed by atoms with E-state index in [0.29, 0.717) is 11.5 Å². The van der Waals surface area contributed by atoms with Crippen molar-refractivity contribution in [2.45, 2.75) is 0 Å². The maximum atomic E-state index is 11.6. The van der Waals surface area contributed by atoms with Crippen molar-refractivity contribution in [3.05, 3.63) is 64.2 Å². The van der Waals surface area contributed by atoms with Crippen molar-refractivity contribution in [3.8, 4) is 11.5 Å². The third-order valence-electron chi connectivity index (χ3n) is 2.91. The number of nitro groups is 1. The minimum Gasteiger partial charge on any atom is -0.497 e. The average molecular weight is 329 g/mol. The molecule has 0 saturated carbocycles. The second kappa shape index (κ2) is 8.28. The van der Waals surface area contributed by atoms with Crippen LogP contribution >= 0.6 is 0 Å². The maximum absolute atomic E-state index is 11.6. The average Bonchev–Trinajstić information content (AvgIpc) is 2.60. The summed E-state index contributed by atoms with van der Waals surface area (Å²) in [7, 11) is 1.56. The Morgan fingerprint density at radius 1 is 1.25 bits per heavy atom. The lowest BCUT2D eigenvalue weighted by molar-refractivity contribution is -0.384. The number of carbonyl (C=O) groups excluding carboxylic acids is 1. The highest BCUT2D eigenvalue weighted by Crippen LogP contribution is 2.17. The molecule has 0 saturated heterocycles. The molecule has 0 aliphatic rings. The molecule has 0 bridgehead atoms. The standard InChI is InChI=1S/C16H15N3O5/c1-23-15-4-2-3-12(9-15)10-17-18-16(20)11-24-14-7-5-13(6-8-14)19(21)22/h2-10H,11H2,1H3,(H,18,20)/b17-10+. The topological polar surface area (TPSA) is 103 Å². The molecule has 24 heavy (non-hydrogen) atoms. The van der Waals surface area contributed by atoms with Gasteiger partial charge in [-0.25, -0.2) is 5.43 Å². The van der Waals surface area contributed by atoms with Gasteiger partial charge in [0, 0.05) is 12.1 Å². The molecule has 0 fully saturated rings. The zero-order valence-electron chi connectivity index (χ0n) is 12.8. The summed E-state index contributed by atoms with van der Waals surface area (Å²) in [4.78, 5) is 21.6. The summed E-state index contributed by atoms with van der Waals surface area (Å²) in [5.74, 6) is 0.590. The van der Waals surface area contributed by atoms with Gasteiger partial charge in [-0.3, -0.25) is 14.9 Å². The normalized spacial score (nSPS) is 10.4. The number of methoxy groups -OCH3 is 1. The summed E-state index contributed by atoms with van der Waals surface area (Å²) in [6.45, 7) is -0.257. The first-order chi connectivity index (χ1) is 11.6. The van der Waals surface area contributed by atoms with Crippen LogP contribution in [-0.4, -0.2) is 30.8 Å². The van der Waals surface area contributed by atoms with Crippen molar-refractivity contribution in [1.29, 1.82) is 0 Å². The summed E-state index contributed by atoms with van der Waals surface area (Å²) in [5, 5.41) is 14.3. The fraction of sp³-hybridized carbons (Fsp3) is 0.125. The lowest BCUT2D eigenvalue weighted by atomic mass is 10.2. The number of nitrogens with zero attached hydrogens (tertiary/aromatic N) is 2. The van der Waals surface area contributed by atoms with Gasteiger partial charge in [-0.1, -0.05) is 12.1 Å². The highest BCUT2D eigenvalue weighted by atomic mass is 16.6. The molecule has 0 aliphatic carbocycles. The van der Waals surface area contributed by atoms with Crippen molar-refractivity contribution in [3.63, 3.8) is 0 Å². The van der Waals surface area contributed by atoms with Crippen LogP contribution in [0.25, 0.3) is 0 Å². The Hall–Kier alpha value is -3.42. The number of nitro benzene ring substituents is 1. The number of hydrogen-bond donors (Lipinski definition) is 1. The van der Waals surface area contributed by atoms with E-state index < -0.39 is 10.8 Å². The summed E-state index contributed by atoms with van der Waals surface area (Å²) in [6.07, 6.45) is 1.48. The van der Waals surface area contributed by atoms with Crippen molar-refractivity contribution in [2.24, 2.45) is 5.10 Å². The number of rotatable bonds is 7. The van der Waals surface area contributed by atoms with Crippen molar-refractivity contribution >= 4 is 17.8 Å². The molecule has 0 heterocycles. The van der Waals surface area contributed by atoms with Gasteiger partial charge in [0.05, 0.1) is 18.2 Å². The van der Waals surface area contributed by atoms with E-state index in [0.717, 1.165) is 5.56 Å². The van der Waals surface area contributed by atoms with E-state index in [4.69, 9.17) is 9.47 Å². The van der Waals surface area contributed by atoms with Crippen LogP contribution < -0.4 is 14.9 Å². The van der Waals surface area contributed by atoms with Gasteiger partial charge in [-0.05, 0) is 29.8 Å². The van der Waals surface area contributed by atoms with Crippen LogP contribution in [0.5, 0.6) is 11.5 Å². The molecule has 0 spiro atoms. The second-order valence-electron chi connectivity index (χ2n) is 4.61. The first-order valence-electron chi connectivity index (χ1n) is 6.91. The highest BCUT2D eigenvalue weighted by Gasteiger charge is 2.06. The second-order valence-corrected chi connectivity index (χ2v) is 4.61. The molecule has 1 amide bonds. The van der Waals surface area contributed by atoms with E-state index >= 15 is 0 Å². The van der Waals surface area contributed by atoms with Crippen LogP contribution in [0.15, 0.2) is 53.6 Å². The van der Waals surface area contributed by atoms with E-state index in [-0.39, 0.29) is 12.3 Å². The summed E-state index contributed by atoms with van der Waals surface area (Å²) < 4.78 is 10.3. The first kappa shape index (κ1) is 16.9. The van der Waals surface area contributed by atoms with Crippen LogP contribution in [0, 0.1) is 10.1 Å². The number of hydrazone groups is 1. The van der Waals surface area contributed by atoms with Crippen LogP contribution in [-0.2, 0) is 4.79 Å². The molecule has 0 unspecified atom stereocenters. The number of nitrogens with one attached hydrogen (secondary N) is 1. The smallest absolute Gasteiger partial charge is 0.277 e. The number of ether oxygens (including phenoxy) is 2. The minimum atomic E-state index is -0.510. The number of non-ortho nitro benzene ring substituents is 1. The van der Waals surface area contributed by atoms with Gasteiger partial charge < -0.3 is 9.47 Å². The number of benzene rings is 2. The fourth-order valence-electron chi connectivity index (χ4n) is 1.75. The largest absolute Gasteiger partial charge is 0.497 e. The Kier molecular flexibility index (Phi) is 5.84. The molecule has 2 aromatic carbocycles. The molecular weight excluding hydrogens is 314 g/mol. The van der Waals surface area contributed by atoms with Gasteiger partial charge in [0.25, 0.3) is 11.6 Å². The maximum Gasteiger partial charge on any atom is 0.277 e. The van der Waals surface area contributed by atoms with Gasteiger partial charge in [0.2, 0.25) is 0 Å². The van der Waals surface area contributed by atoms with E-state index in [2.05, 4.69) is 10.5 Å². The summed E-state index contributed by atoms with van der Waals surface area (Å²) in [5.41, 5.74) is 3.05. The lowest BCUT2D eigenvalue weighted by Crippen LogP contribution is -2.24. The first-order valence-corrected chi connectivity index (χ1v) is 6.91. The lowest BCUT2D eigenvalue weighted by Gasteiger charge is -2.04. The molecule has 124 valence electrons. The molecular formula is C16H15N3O5. The minimum absolute atomic E-state index is 0.0466. The van der Waals surface area contributed by atoms with Gasteiger partial charge in [-0.2, -0.15) is 5.10 Å². The predicted molar refractivity (Wildman–Crippen MR) is 87.3 cm³/mol. The van der Waals surface area contributed by atoms with E-state index in [1.165, 1.54) is 30.5 Å². The van der Waals surface area contributed by atoms with E-state index in [1.54, 1.807) is 25.3 Å². The van der Waals surface area contributed by atoms with E-state index in [9.17, 15) is 14.9 Å². The Balaban J connectivity index is 1.80. The third-order valence-corrected chi connectivity index (χ3v) is 2.91. The molecule has 0 atom stereocenters. The highest BCUT2D eigenvalue weighted by molar-refractivity contribution is 5.83. The SMILES string of the molecule is COc1cccc(/C=N/NC(=O)COc2ccc([N+](=O)[O-])cc2)c1. The molecule has 1 N–H and O–H groups in total. The van der Waals surface area contributed by atoms with Crippen LogP contribution in [0.4, 0.5) is 5.69 Å². The summed E-state index contributed by atoms with van der Waals surface area (Å²) >= 11 is 0. The van der Waals surface area contributed by atoms with Crippen molar-refractivity contribution in [2.75, 3.05) is 13.7 Å². The Labute approximate surface area is 137 Å². The fourth-order valence-corrected chi connectivity index (χ4v) is 1.75.